The molecule has 0 fully saturated rings. The molecule has 6 heteroatoms. The minimum absolute atomic E-state index is 0.351. The Morgan fingerprint density at radius 3 is 2.89 bits per heavy atom. The molecule has 0 saturated carbocycles. The molecular weight excluding hydrogens is 230 g/mol. The third kappa shape index (κ3) is 1.98. The minimum Gasteiger partial charge on any atom is -0.261 e. The zero-order valence-corrected chi connectivity index (χ0v) is 10.1. The fourth-order valence-electron chi connectivity index (χ4n) is 1.78. The number of nitriles is 1. The molecule has 2 heterocycles. The molecule has 2 aromatic rings. The van der Waals surface area contributed by atoms with Crippen molar-refractivity contribution in [3.05, 3.63) is 45.9 Å². The fourth-order valence-corrected chi connectivity index (χ4v) is 1.78. The van der Waals surface area contributed by atoms with E-state index in [0.717, 1.165) is 0 Å². The van der Waals surface area contributed by atoms with E-state index in [0.29, 0.717) is 34.9 Å². The van der Waals surface area contributed by atoms with Crippen LogP contribution in [0, 0.1) is 30.1 Å². The van der Waals surface area contributed by atoms with Crippen LogP contribution in [0.5, 0.6) is 0 Å². The summed E-state index contributed by atoms with van der Waals surface area (Å²) < 4.78 is 1.63. The van der Waals surface area contributed by atoms with Gasteiger partial charge in [-0.25, -0.2) is 0 Å². The van der Waals surface area contributed by atoms with E-state index < -0.39 is 0 Å². The van der Waals surface area contributed by atoms with Crippen LogP contribution in [0.15, 0.2) is 23.5 Å². The zero-order valence-electron chi connectivity index (χ0n) is 10.1. The number of pyridine rings is 1. The smallest absolute Gasteiger partial charge is 0.151 e. The SMILES string of the molecule is Cc1nn(Cc2ncccc2C#N)c(C)c1N=O. The number of hydrogen-bond acceptors (Lipinski definition) is 5. The summed E-state index contributed by atoms with van der Waals surface area (Å²) in [6.45, 7) is 3.85. The monoisotopic (exact) mass is 241 g/mol. The second-order valence-electron chi connectivity index (χ2n) is 3.88. The Morgan fingerprint density at radius 1 is 1.50 bits per heavy atom. The van der Waals surface area contributed by atoms with Crippen molar-refractivity contribution in [2.45, 2.75) is 20.4 Å². The Hall–Kier alpha value is -2.55. The summed E-state index contributed by atoms with van der Waals surface area (Å²) in [5.74, 6) is 0. The number of hydrogen-bond donors (Lipinski definition) is 0. The summed E-state index contributed by atoms with van der Waals surface area (Å²) in [6, 6.07) is 5.49. The van der Waals surface area contributed by atoms with Gasteiger partial charge in [-0.2, -0.15) is 10.4 Å². The highest BCUT2D eigenvalue weighted by Gasteiger charge is 2.13. The summed E-state index contributed by atoms with van der Waals surface area (Å²) >= 11 is 0. The van der Waals surface area contributed by atoms with E-state index in [1.54, 1.807) is 36.9 Å². The number of rotatable bonds is 3. The summed E-state index contributed by atoms with van der Waals surface area (Å²) in [5.41, 5.74) is 2.74. The summed E-state index contributed by atoms with van der Waals surface area (Å²) in [5, 5.41) is 16.2. The van der Waals surface area contributed by atoms with E-state index in [-0.39, 0.29) is 0 Å². The molecule has 0 aliphatic carbocycles. The number of nitrogens with zero attached hydrogens (tertiary/aromatic N) is 5. The maximum absolute atomic E-state index is 10.7. The van der Waals surface area contributed by atoms with Gasteiger partial charge in [0.15, 0.2) is 5.69 Å². The fraction of sp³-hybridized carbons (Fsp3) is 0.250. The van der Waals surface area contributed by atoms with Crippen LogP contribution in [0.4, 0.5) is 5.69 Å². The van der Waals surface area contributed by atoms with E-state index in [4.69, 9.17) is 5.26 Å². The highest BCUT2D eigenvalue weighted by atomic mass is 16.3. The maximum Gasteiger partial charge on any atom is 0.151 e. The first kappa shape index (κ1) is 11.9. The predicted octanol–water partition coefficient (Wildman–Crippen LogP) is 2.21. The van der Waals surface area contributed by atoms with Crippen molar-refractivity contribution in [2.24, 2.45) is 5.18 Å². The Morgan fingerprint density at radius 2 is 2.28 bits per heavy atom. The van der Waals surface area contributed by atoms with Crippen molar-refractivity contribution in [3.8, 4) is 6.07 Å². The van der Waals surface area contributed by atoms with Crippen molar-refractivity contribution >= 4 is 5.69 Å². The number of nitroso groups, excluding NO2 is 1. The van der Waals surface area contributed by atoms with Crippen molar-refractivity contribution in [3.63, 3.8) is 0 Å². The molecule has 0 aromatic carbocycles. The molecule has 0 aliphatic heterocycles. The van der Waals surface area contributed by atoms with Gasteiger partial charge in [-0.05, 0) is 31.2 Å². The molecule has 2 rings (SSSR count). The molecular formula is C12H11N5O. The van der Waals surface area contributed by atoms with Gasteiger partial charge in [-0.3, -0.25) is 9.67 Å². The van der Waals surface area contributed by atoms with Crippen LogP contribution in [-0.2, 0) is 6.54 Å². The van der Waals surface area contributed by atoms with E-state index in [1.807, 2.05) is 0 Å². The van der Waals surface area contributed by atoms with Gasteiger partial charge >= 0.3 is 0 Å². The Balaban J connectivity index is 2.41. The van der Waals surface area contributed by atoms with Crippen LogP contribution in [0.2, 0.25) is 0 Å². The van der Waals surface area contributed by atoms with Gasteiger partial charge in [0.2, 0.25) is 0 Å². The molecule has 6 nitrogen and oxygen atoms in total. The van der Waals surface area contributed by atoms with Gasteiger partial charge in [0.05, 0.1) is 29.2 Å². The molecule has 0 N–H and O–H groups in total. The van der Waals surface area contributed by atoms with E-state index in [9.17, 15) is 4.91 Å². The van der Waals surface area contributed by atoms with Gasteiger partial charge in [0, 0.05) is 6.20 Å². The van der Waals surface area contributed by atoms with Crippen LogP contribution in [0.1, 0.15) is 22.6 Å². The van der Waals surface area contributed by atoms with Crippen LogP contribution in [-0.4, -0.2) is 14.8 Å². The minimum atomic E-state index is 0.351. The standard InChI is InChI=1S/C12H11N5O/c1-8-12(16-18)9(2)17(15-8)7-11-10(6-13)4-3-5-14-11/h3-5H,7H2,1-2H3. The second-order valence-corrected chi connectivity index (χ2v) is 3.88. The first-order valence-corrected chi connectivity index (χ1v) is 5.38. The molecule has 0 bridgehead atoms. The Kier molecular flexibility index (Phi) is 3.15. The quantitative estimate of drug-likeness (QED) is 0.771. The molecule has 0 aliphatic rings. The molecule has 18 heavy (non-hydrogen) atoms. The van der Waals surface area contributed by atoms with Gasteiger partial charge in [0.25, 0.3) is 0 Å². The summed E-state index contributed by atoms with van der Waals surface area (Å²) in [6.07, 6.45) is 1.63. The summed E-state index contributed by atoms with van der Waals surface area (Å²) in [7, 11) is 0. The molecule has 90 valence electrons. The molecule has 0 saturated heterocycles. The van der Waals surface area contributed by atoms with Crippen molar-refractivity contribution in [2.75, 3.05) is 0 Å². The lowest BCUT2D eigenvalue weighted by Crippen LogP contribution is -2.07. The lowest BCUT2D eigenvalue weighted by atomic mass is 10.2. The van der Waals surface area contributed by atoms with Gasteiger partial charge in [0.1, 0.15) is 6.07 Å². The average molecular weight is 241 g/mol. The lowest BCUT2D eigenvalue weighted by Gasteiger charge is -2.04. The first-order valence-electron chi connectivity index (χ1n) is 5.38. The zero-order chi connectivity index (χ0) is 13.1. The Labute approximate surface area is 104 Å². The molecule has 0 spiro atoms. The largest absolute Gasteiger partial charge is 0.261 e. The maximum atomic E-state index is 10.7. The molecule has 0 amide bonds. The third-order valence-electron chi connectivity index (χ3n) is 2.74. The highest BCUT2D eigenvalue weighted by molar-refractivity contribution is 5.46. The van der Waals surface area contributed by atoms with Crippen molar-refractivity contribution in [1.82, 2.24) is 14.8 Å². The average Bonchev–Trinajstić information content (AvgIpc) is 2.65. The van der Waals surface area contributed by atoms with Crippen LogP contribution in [0.25, 0.3) is 0 Å². The topological polar surface area (TPSA) is 83.9 Å². The molecule has 0 radical (unpaired) electrons. The van der Waals surface area contributed by atoms with Gasteiger partial charge < -0.3 is 0 Å². The molecule has 0 unspecified atom stereocenters. The van der Waals surface area contributed by atoms with E-state index in [1.165, 1.54) is 0 Å². The number of aryl methyl sites for hydroxylation is 1. The lowest BCUT2D eigenvalue weighted by molar-refractivity contribution is 0.646. The molecule has 2 aromatic heterocycles. The van der Waals surface area contributed by atoms with Gasteiger partial charge in [-0.15, -0.1) is 4.91 Å². The van der Waals surface area contributed by atoms with Crippen LogP contribution < -0.4 is 0 Å². The van der Waals surface area contributed by atoms with Crippen LogP contribution in [0.3, 0.4) is 0 Å². The van der Waals surface area contributed by atoms with Crippen LogP contribution >= 0.6 is 0 Å². The second kappa shape index (κ2) is 4.75. The predicted molar refractivity (Wildman–Crippen MR) is 65.2 cm³/mol. The highest BCUT2D eigenvalue weighted by Crippen LogP contribution is 2.23. The van der Waals surface area contributed by atoms with Gasteiger partial charge in [-0.1, -0.05) is 0 Å². The van der Waals surface area contributed by atoms with Crippen molar-refractivity contribution < 1.29 is 0 Å². The first-order chi connectivity index (χ1) is 8.67. The Bertz CT molecular complexity index is 638. The molecule has 0 atom stereocenters. The van der Waals surface area contributed by atoms with Crippen molar-refractivity contribution in [1.29, 1.82) is 5.26 Å². The number of aromatic nitrogens is 3. The van der Waals surface area contributed by atoms with E-state index >= 15 is 0 Å². The normalized spacial score (nSPS) is 10.1. The third-order valence-corrected chi connectivity index (χ3v) is 2.74. The van der Waals surface area contributed by atoms with E-state index in [2.05, 4.69) is 21.3 Å². The summed E-state index contributed by atoms with van der Waals surface area (Å²) in [4.78, 5) is 14.8.